The van der Waals surface area contributed by atoms with Crippen LogP contribution in [0, 0.1) is 0 Å². The molecular formula is C20H24N2O4. The summed E-state index contributed by atoms with van der Waals surface area (Å²) in [6, 6.07) is 16.8. The maximum absolute atomic E-state index is 9.55. The Bertz CT molecular complexity index is 645. The van der Waals surface area contributed by atoms with Gasteiger partial charge in [0.1, 0.15) is 0 Å². The van der Waals surface area contributed by atoms with E-state index in [2.05, 4.69) is 66.4 Å². The van der Waals surface area contributed by atoms with Crippen LogP contribution in [0.15, 0.2) is 66.9 Å². The van der Waals surface area contributed by atoms with Crippen LogP contribution in [0.5, 0.6) is 0 Å². The van der Waals surface area contributed by atoms with Gasteiger partial charge in [0.25, 0.3) is 0 Å². The van der Waals surface area contributed by atoms with E-state index in [4.69, 9.17) is 10.2 Å². The number of aliphatic carboxylic acids is 2. The highest BCUT2D eigenvalue weighted by Gasteiger charge is 2.14. The third-order valence-electron chi connectivity index (χ3n) is 3.48. The molecule has 2 rings (SSSR count). The van der Waals surface area contributed by atoms with Crippen molar-refractivity contribution < 1.29 is 19.8 Å². The molecule has 0 fully saturated rings. The van der Waals surface area contributed by atoms with E-state index in [1.807, 2.05) is 12.3 Å². The normalized spacial score (nSPS) is 11.7. The fourth-order valence-corrected chi connectivity index (χ4v) is 2.28. The molecule has 0 aliphatic carbocycles. The van der Waals surface area contributed by atoms with Crippen molar-refractivity contribution in [2.75, 3.05) is 20.6 Å². The van der Waals surface area contributed by atoms with Crippen molar-refractivity contribution in [1.29, 1.82) is 0 Å². The van der Waals surface area contributed by atoms with Crippen molar-refractivity contribution >= 4 is 11.9 Å². The molecule has 138 valence electrons. The summed E-state index contributed by atoms with van der Waals surface area (Å²) in [5, 5.41) is 15.6. The van der Waals surface area contributed by atoms with Crippen LogP contribution >= 0.6 is 0 Å². The van der Waals surface area contributed by atoms with Crippen molar-refractivity contribution in [2.45, 2.75) is 12.3 Å². The minimum absolute atomic E-state index is 0.384. The van der Waals surface area contributed by atoms with Crippen LogP contribution in [-0.4, -0.2) is 52.7 Å². The van der Waals surface area contributed by atoms with Crippen molar-refractivity contribution in [3.05, 3.63) is 78.1 Å². The monoisotopic (exact) mass is 356 g/mol. The van der Waals surface area contributed by atoms with Crippen LogP contribution < -0.4 is 0 Å². The maximum Gasteiger partial charge on any atom is 0.328 e. The average molecular weight is 356 g/mol. The summed E-state index contributed by atoms with van der Waals surface area (Å²) < 4.78 is 0. The number of benzene rings is 1. The van der Waals surface area contributed by atoms with Crippen LogP contribution in [0.25, 0.3) is 0 Å². The molecule has 6 nitrogen and oxygen atoms in total. The first-order valence-corrected chi connectivity index (χ1v) is 8.14. The number of rotatable bonds is 7. The second-order valence-corrected chi connectivity index (χ2v) is 5.82. The van der Waals surface area contributed by atoms with E-state index >= 15 is 0 Å². The lowest BCUT2D eigenvalue weighted by Crippen LogP contribution is -2.17. The van der Waals surface area contributed by atoms with E-state index in [9.17, 15) is 9.59 Å². The zero-order valence-corrected chi connectivity index (χ0v) is 14.9. The Labute approximate surface area is 153 Å². The molecule has 0 aliphatic heterocycles. The minimum atomic E-state index is -1.26. The Morgan fingerprint density at radius 3 is 2.04 bits per heavy atom. The first-order chi connectivity index (χ1) is 12.4. The fraction of sp³-hybridized carbons (Fsp3) is 0.250. The molecule has 2 N–H and O–H groups in total. The number of carboxylic acid groups (broad SMARTS) is 2. The number of pyridine rings is 1. The van der Waals surface area contributed by atoms with Gasteiger partial charge in [-0.05, 0) is 44.8 Å². The number of aromatic nitrogens is 1. The van der Waals surface area contributed by atoms with Gasteiger partial charge in [-0.25, -0.2) is 9.59 Å². The van der Waals surface area contributed by atoms with Crippen LogP contribution in [0.4, 0.5) is 0 Å². The Kier molecular flexibility index (Phi) is 9.35. The summed E-state index contributed by atoms with van der Waals surface area (Å²) in [4.78, 5) is 25.8. The predicted molar refractivity (Wildman–Crippen MR) is 100 cm³/mol. The highest BCUT2D eigenvalue weighted by molar-refractivity contribution is 5.89. The molecule has 0 spiro atoms. The zero-order valence-electron chi connectivity index (χ0n) is 14.9. The SMILES string of the molecule is CN(C)CC[C@H](c1ccccc1)c1ccccn1.O=C(O)/C=C\C(=O)O. The van der Waals surface area contributed by atoms with Gasteiger partial charge in [0.05, 0.1) is 0 Å². The van der Waals surface area contributed by atoms with Crippen LogP contribution in [0.3, 0.4) is 0 Å². The first-order valence-electron chi connectivity index (χ1n) is 8.14. The van der Waals surface area contributed by atoms with Gasteiger partial charge in [-0.3, -0.25) is 4.98 Å². The Morgan fingerprint density at radius 1 is 1.00 bits per heavy atom. The summed E-state index contributed by atoms with van der Waals surface area (Å²) in [7, 11) is 4.22. The summed E-state index contributed by atoms with van der Waals surface area (Å²) in [6.07, 6.45) is 4.08. The quantitative estimate of drug-likeness (QED) is 0.741. The molecule has 1 atom stereocenters. The summed E-state index contributed by atoms with van der Waals surface area (Å²) >= 11 is 0. The fourth-order valence-electron chi connectivity index (χ4n) is 2.28. The lowest BCUT2D eigenvalue weighted by atomic mass is 9.92. The Balaban J connectivity index is 0.000000359. The number of carbonyl (C=O) groups is 2. The summed E-state index contributed by atoms with van der Waals surface area (Å²) in [5.41, 5.74) is 2.50. The van der Waals surface area contributed by atoms with Gasteiger partial charge in [-0.2, -0.15) is 0 Å². The largest absolute Gasteiger partial charge is 0.478 e. The van der Waals surface area contributed by atoms with E-state index in [0.717, 1.165) is 18.7 Å². The third-order valence-corrected chi connectivity index (χ3v) is 3.48. The second-order valence-electron chi connectivity index (χ2n) is 5.82. The lowest BCUT2D eigenvalue weighted by Gasteiger charge is -2.19. The molecule has 0 bridgehead atoms. The molecule has 0 amide bonds. The van der Waals surface area contributed by atoms with Gasteiger partial charge in [0.15, 0.2) is 0 Å². The van der Waals surface area contributed by atoms with Gasteiger partial charge in [0, 0.05) is 30.0 Å². The van der Waals surface area contributed by atoms with Gasteiger partial charge in [-0.1, -0.05) is 36.4 Å². The molecule has 1 heterocycles. The van der Waals surface area contributed by atoms with E-state index in [-0.39, 0.29) is 0 Å². The summed E-state index contributed by atoms with van der Waals surface area (Å²) in [5.74, 6) is -2.13. The molecule has 1 aromatic carbocycles. The molecule has 0 unspecified atom stereocenters. The highest BCUT2D eigenvalue weighted by atomic mass is 16.4. The average Bonchev–Trinajstić information content (AvgIpc) is 2.62. The zero-order chi connectivity index (χ0) is 19.4. The molecule has 2 aromatic rings. The Hall–Kier alpha value is -2.99. The minimum Gasteiger partial charge on any atom is -0.478 e. The van der Waals surface area contributed by atoms with E-state index < -0.39 is 11.9 Å². The summed E-state index contributed by atoms with van der Waals surface area (Å²) in [6.45, 7) is 1.07. The van der Waals surface area contributed by atoms with Gasteiger partial charge in [-0.15, -0.1) is 0 Å². The number of nitrogens with zero attached hydrogens (tertiary/aromatic N) is 2. The number of hydrogen-bond donors (Lipinski definition) is 2. The number of carboxylic acids is 2. The first kappa shape index (κ1) is 21.1. The van der Waals surface area contributed by atoms with Crippen molar-refractivity contribution in [3.8, 4) is 0 Å². The Morgan fingerprint density at radius 2 is 1.58 bits per heavy atom. The maximum atomic E-state index is 9.55. The standard InChI is InChI=1S/C16H20N2.C4H4O4/c1-18(2)13-11-15(14-8-4-3-5-9-14)16-10-6-7-12-17-16;5-3(6)1-2-4(7)8/h3-10,12,15H,11,13H2,1-2H3;1-2H,(H,5,6)(H,7,8)/b;2-1-/t15-;/m1./s1. The van der Waals surface area contributed by atoms with Crippen molar-refractivity contribution in [2.24, 2.45) is 0 Å². The van der Waals surface area contributed by atoms with Crippen molar-refractivity contribution in [1.82, 2.24) is 9.88 Å². The molecule has 6 heteroatoms. The lowest BCUT2D eigenvalue weighted by molar-refractivity contribution is -0.134. The second kappa shape index (κ2) is 11.5. The van der Waals surface area contributed by atoms with E-state index in [0.29, 0.717) is 18.1 Å². The topological polar surface area (TPSA) is 90.7 Å². The van der Waals surface area contributed by atoms with Gasteiger partial charge in [0.2, 0.25) is 0 Å². The molecule has 0 radical (unpaired) electrons. The molecule has 0 aliphatic rings. The third kappa shape index (κ3) is 8.75. The predicted octanol–water partition coefficient (Wildman–Crippen LogP) is 2.88. The van der Waals surface area contributed by atoms with Crippen LogP contribution in [0.2, 0.25) is 0 Å². The molecular weight excluding hydrogens is 332 g/mol. The van der Waals surface area contributed by atoms with Gasteiger partial charge < -0.3 is 15.1 Å². The molecule has 1 aromatic heterocycles. The highest BCUT2D eigenvalue weighted by Crippen LogP contribution is 2.26. The van der Waals surface area contributed by atoms with Crippen LogP contribution in [-0.2, 0) is 9.59 Å². The molecule has 26 heavy (non-hydrogen) atoms. The van der Waals surface area contributed by atoms with E-state index in [1.165, 1.54) is 5.56 Å². The smallest absolute Gasteiger partial charge is 0.328 e. The van der Waals surface area contributed by atoms with Crippen LogP contribution in [0.1, 0.15) is 23.6 Å². The van der Waals surface area contributed by atoms with Crippen molar-refractivity contribution in [3.63, 3.8) is 0 Å². The molecule has 0 saturated heterocycles. The van der Waals surface area contributed by atoms with E-state index in [1.54, 1.807) is 0 Å². The number of hydrogen-bond acceptors (Lipinski definition) is 4. The van der Waals surface area contributed by atoms with Gasteiger partial charge >= 0.3 is 11.9 Å². The molecule has 0 saturated carbocycles.